The molecule has 0 aliphatic carbocycles. The van der Waals surface area contributed by atoms with E-state index in [4.69, 9.17) is 0 Å². The number of fused-ring (bicyclic) bond motifs is 1. The minimum absolute atomic E-state index is 0.190. The Morgan fingerprint density at radius 2 is 1.90 bits per heavy atom. The van der Waals surface area contributed by atoms with Crippen LogP contribution in [-0.4, -0.2) is 19.9 Å². The standard InChI is InChI=1S/C14H11F2N3O2/c1-6-9-12(20)13(21)11(17-14(9)19(2)18-6)10-7(15)4-3-5-8(10)16/h3-5,21H,1-2H3,(H,17,20). The van der Waals surface area contributed by atoms with Gasteiger partial charge >= 0.3 is 0 Å². The Balaban J connectivity index is 2.48. The van der Waals surface area contributed by atoms with Crippen molar-refractivity contribution in [3.63, 3.8) is 0 Å². The fourth-order valence-electron chi connectivity index (χ4n) is 2.40. The molecule has 0 atom stereocenters. The van der Waals surface area contributed by atoms with Gasteiger partial charge < -0.3 is 10.1 Å². The first kappa shape index (κ1) is 13.3. The quantitative estimate of drug-likeness (QED) is 0.722. The van der Waals surface area contributed by atoms with E-state index in [1.54, 1.807) is 14.0 Å². The molecule has 2 heterocycles. The summed E-state index contributed by atoms with van der Waals surface area (Å²) in [5, 5.41) is 14.3. The summed E-state index contributed by atoms with van der Waals surface area (Å²) in [5.41, 5.74) is -0.788. The molecule has 0 radical (unpaired) electrons. The number of aromatic amines is 1. The molecule has 0 bridgehead atoms. The van der Waals surface area contributed by atoms with Crippen molar-refractivity contribution < 1.29 is 13.9 Å². The molecule has 0 spiro atoms. The Kier molecular flexibility index (Phi) is 2.79. The molecule has 0 saturated carbocycles. The molecule has 1 aromatic carbocycles. The molecule has 0 unspecified atom stereocenters. The van der Waals surface area contributed by atoms with Gasteiger partial charge in [0, 0.05) is 7.05 Å². The van der Waals surface area contributed by atoms with E-state index < -0.39 is 28.4 Å². The van der Waals surface area contributed by atoms with E-state index in [9.17, 15) is 18.7 Å². The zero-order valence-corrected chi connectivity index (χ0v) is 11.2. The molecule has 0 aliphatic rings. The van der Waals surface area contributed by atoms with Crippen LogP contribution in [0.5, 0.6) is 5.75 Å². The zero-order chi connectivity index (χ0) is 15.3. The van der Waals surface area contributed by atoms with Crippen LogP contribution in [0.15, 0.2) is 23.0 Å². The number of aromatic nitrogens is 3. The molecule has 21 heavy (non-hydrogen) atoms. The van der Waals surface area contributed by atoms with Crippen molar-refractivity contribution >= 4 is 11.0 Å². The summed E-state index contributed by atoms with van der Waals surface area (Å²) in [4.78, 5) is 14.9. The normalized spacial score (nSPS) is 11.2. The first-order valence-electron chi connectivity index (χ1n) is 6.14. The van der Waals surface area contributed by atoms with Crippen molar-refractivity contribution in [1.29, 1.82) is 0 Å². The Morgan fingerprint density at radius 1 is 1.29 bits per heavy atom. The summed E-state index contributed by atoms with van der Waals surface area (Å²) in [5.74, 6) is -2.49. The van der Waals surface area contributed by atoms with E-state index in [0.717, 1.165) is 12.1 Å². The smallest absolute Gasteiger partial charge is 0.235 e. The minimum atomic E-state index is -0.876. The molecule has 0 aliphatic heterocycles. The van der Waals surface area contributed by atoms with Crippen LogP contribution < -0.4 is 5.43 Å². The van der Waals surface area contributed by atoms with E-state index in [1.165, 1.54) is 10.7 Å². The van der Waals surface area contributed by atoms with Gasteiger partial charge in [-0.25, -0.2) is 8.78 Å². The number of pyridine rings is 1. The van der Waals surface area contributed by atoms with Crippen LogP contribution in [0, 0.1) is 18.6 Å². The maximum Gasteiger partial charge on any atom is 0.235 e. The number of H-pyrrole nitrogens is 1. The fourth-order valence-corrected chi connectivity index (χ4v) is 2.40. The maximum atomic E-state index is 13.9. The lowest BCUT2D eigenvalue weighted by molar-refractivity contribution is 0.469. The van der Waals surface area contributed by atoms with Gasteiger partial charge in [0.05, 0.1) is 22.3 Å². The second-order valence-electron chi connectivity index (χ2n) is 4.71. The molecule has 5 nitrogen and oxygen atoms in total. The highest BCUT2D eigenvalue weighted by Crippen LogP contribution is 2.31. The van der Waals surface area contributed by atoms with Gasteiger partial charge in [-0.2, -0.15) is 5.10 Å². The summed E-state index contributed by atoms with van der Waals surface area (Å²) in [7, 11) is 1.59. The second kappa shape index (κ2) is 4.41. The van der Waals surface area contributed by atoms with Gasteiger partial charge in [0.25, 0.3) is 0 Å². The number of hydrogen-bond donors (Lipinski definition) is 2. The molecule has 0 saturated heterocycles. The number of halogens is 2. The topological polar surface area (TPSA) is 70.9 Å². The first-order chi connectivity index (χ1) is 9.91. The van der Waals surface area contributed by atoms with Crippen LogP contribution in [0.1, 0.15) is 5.69 Å². The van der Waals surface area contributed by atoms with Gasteiger partial charge in [-0.15, -0.1) is 0 Å². The lowest BCUT2D eigenvalue weighted by Gasteiger charge is -2.08. The molecule has 3 rings (SSSR count). The first-order valence-corrected chi connectivity index (χ1v) is 6.14. The molecule has 7 heteroatoms. The second-order valence-corrected chi connectivity index (χ2v) is 4.71. The fraction of sp³-hybridized carbons (Fsp3) is 0.143. The van der Waals surface area contributed by atoms with E-state index >= 15 is 0 Å². The SMILES string of the molecule is Cc1nn(C)c2[nH]c(-c3c(F)cccc3F)c(O)c(=O)c12. The van der Waals surface area contributed by atoms with Gasteiger partial charge in [-0.1, -0.05) is 6.07 Å². The van der Waals surface area contributed by atoms with Crippen LogP contribution in [0.4, 0.5) is 8.78 Å². The lowest BCUT2D eigenvalue weighted by Crippen LogP contribution is -2.07. The Bertz CT molecular complexity index is 908. The molecule has 0 amide bonds. The number of rotatable bonds is 1. The van der Waals surface area contributed by atoms with Crippen LogP contribution in [-0.2, 0) is 7.05 Å². The predicted molar refractivity (Wildman–Crippen MR) is 73.1 cm³/mol. The highest BCUT2D eigenvalue weighted by Gasteiger charge is 2.21. The van der Waals surface area contributed by atoms with Gasteiger partial charge in [0.15, 0.2) is 5.75 Å². The highest BCUT2D eigenvalue weighted by molar-refractivity contribution is 5.84. The zero-order valence-electron chi connectivity index (χ0n) is 11.2. The monoisotopic (exact) mass is 291 g/mol. The third-order valence-corrected chi connectivity index (χ3v) is 3.36. The summed E-state index contributed by atoms with van der Waals surface area (Å²) in [6, 6.07) is 3.31. The van der Waals surface area contributed by atoms with Crippen LogP contribution in [0.3, 0.4) is 0 Å². The minimum Gasteiger partial charge on any atom is -0.503 e. The van der Waals surface area contributed by atoms with Gasteiger partial charge in [-0.05, 0) is 19.1 Å². The van der Waals surface area contributed by atoms with Gasteiger partial charge in [0.2, 0.25) is 5.43 Å². The lowest BCUT2D eigenvalue weighted by atomic mass is 10.1. The number of nitrogens with one attached hydrogen (secondary N) is 1. The predicted octanol–water partition coefficient (Wildman–Crippen LogP) is 2.22. The molecule has 108 valence electrons. The van der Waals surface area contributed by atoms with E-state index in [2.05, 4.69) is 10.1 Å². The number of nitrogens with zero attached hydrogens (tertiary/aromatic N) is 2. The van der Waals surface area contributed by atoms with Crippen molar-refractivity contribution in [2.45, 2.75) is 6.92 Å². The summed E-state index contributed by atoms with van der Waals surface area (Å²) >= 11 is 0. The highest BCUT2D eigenvalue weighted by atomic mass is 19.1. The molecule has 2 N–H and O–H groups in total. The van der Waals surface area contributed by atoms with Crippen molar-refractivity contribution in [3.05, 3.63) is 45.8 Å². The third-order valence-electron chi connectivity index (χ3n) is 3.36. The van der Waals surface area contributed by atoms with Crippen molar-refractivity contribution in [3.8, 4) is 17.0 Å². The average Bonchev–Trinajstić information content (AvgIpc) is 2.70. The Morgan fingerprint density at radius 3 is 2.52 bits per heavy atom. The number of aromatic hydroxyl groups is 1. The van der Waals surface area contributed by atoms with Crippen LogP contribution in [0.25, 0.3) is 22.3 Å². The summed E-state index contributed by atoms with van der Waals surface area (Å²) < 4.78 is 29.1. The van der Waals surface area contributed by atoms with Crippen molar-refractivity contribution in [1.82, 2.24) is 14.8 Å². The van der Waals surface area contributed by atoms with Crippen LogP contribution >= 0.6 is 0 Å². The molecule has 3 aromatic rings. The maximum absolute atomic E-state index is 13.9. The molecule has 0 fully saturated rings. The molecule has 2 aromatic heterocycles. The van der Waals surface area contributed by atoms with Gasteiger partial charge in [-0.3, -0.25) is 9.48 Å². The molecular weight excluding hydrogens is 280 g/mol. The number of aryl methyl sites for hydroxylation is 2. The molecular formula is C14H11F2N3O2. The third kappa shape index (κ3) is 1.81. The average molecular weight is 291 g/mol. The summed E-state index contributed by atoms with van der Waals surface area (Å²) in [6.07, 6.45) is 0. The Labute approximate surface area is 117 Å². The largest absolute Gasteiger partial charge is 0.503 e. The number of hydrogen-bond acceptors (Lipinski definition) is 3. The number of benzene rings is 1. The van der Waals surface area contributed by atoms with Crippen molar-refractivity contribution in [2.75, 3.05) is 0 Å². The Hall–Kier alpha value is -2.70. The van der Waals surface area contributed by atoms with E-state index in [0.29, 0.717) is 5.69 Å². The summed E-state index contributed by atoms with van der Waals surface area (Å²) in [6.45, 7) is 1.61. The van der Waals surface area contributed by atoms with Gasteiger partial charge in [0.1, 0.15) is 17.3 Å². The van der Waals surface area contributed by atoms with Crippen LogP contribution in [0.2, 0.25) is 0 Å². The van der Waals surface area contributed by atoms with E-state index in [1.807, 2.05) is 0 Å². The van der Waals surface area contributed by atoms with E-state index in [-0.39, 0.29) is 16.7 Å². The van der Waals surface area contributed by atoms with Crippen molar-refractivity contribution in [2.24, 2.45) is 7.05 Å².